The molecule has 7 rings (SSSR count). The predicted molar refractivity (Wildman–Crippen MR) is 208 cm³/mol. The van der Waals surface area contributed by atoms with Gasteiger partial charge in [-0.1, -0.05) is 58.9 Å². The summed E-state index contributed by atoms with van der Waals surface area (Å²) in [6.45, 7) is 26.9. The number of fused-ring (bicyclic) bond motifs is 7. The molecule has 51 heavy (non-hydrogen) atoms. The van der Waals surface area contributed by atoms with Crippen LogP contribution in [0.5, 0.6) is 0 Å². The summed E-state index contributed by atoms with van der Waals surface area (Å²) >= 11 is -1.69. The zero-order valence-electron chi connectivity index (χ0n) is 33.2. The molecular weight excluding hydrogens is 653 g/mol. The topological polar surface area (TPSA) is 78.9 Å². The third kappa shape index (κ3) is 6.04. The maximum absolute atomic E-state index is 11.6. The Labute approximate surface area is 312 Å². The summed E-state index contributed by atoms with van der Waals surface area (Å²) < 4.78 is 26.7. The molecule has 0 bridgehead atoms. The summed E-state index contributed by atoms with van der Waals surface area (Å²) in [6.07, 6.45) is 21.1. The number of carbonyl (C=O) groups is 1. The van der Waals surface area contributed by atoms with E-state index in [1.165, 1.54) is 68.9 Å². The van der Waals surface area contributed by atoms with Gasteiger partial charge in [-0.2, -0.15) is 0 Å². The molecule has 2 unspecified atom stereocenters. The molecule has 0 aromatic heterocycles. The monoisotopic (exact) mass is 723 g/mol. The number of carbonyl (C=O) groups excluding carboxylic acids is 1. The Morgan fingerprint density at radius 2 is 1.69 bits per heavy atom. The van der Waals surface area contributed by atoms with E-state index in [1.54, 1.807) is 5.57 Å². The normalized spacial score (nSPS) is 46.0. The largest absolute Gasteiger partial charge is 0.461 e. The summed E-state index contributed by atoms with van der Waals surface area (Å²) in [6, 6.07) is 0. The van der Waals surface area contributed by atoms with Gasteiger partial charge < -0.3 is 19.5 Å². The Morgan fingerprint density at radius 3 is 2.33 bits per heavy atom. The van der Waals surface area contributed by atoms with Crippen LogP contribution in [0.3, 0.4) is 0 Å². The van der Waals surface area contributed by atoms with E-state index < -0.39 is 11.1 Å². The molecule has 7 aliphatic rings. The van der Waals surface area contributed by atoms with Gasteiger partial charge in [-0.3, -0.25) is 4.79 Å². The first-order valence-corrected chi connectivity index (χ1v) is 21.9. The van der Waals surface area contributed by atoms with E-state index in [0.717, 1.165) is 70.1 Å². The van der Waals surface area contributed by atoms with Crippen LogP contribution >= 0.6 is 0 Å². The molecule has 7 heteroatoms. The summed E-state index contributed by atoms with van der Waals surface area (Å²) in [5.74, 6) is 3.38. The van der Waals surface area contributed by atoms with Crippen LogP contribution in [-0.4, -0.2) is 62.7 Å². The van der Waals surface area contributed by atoms with E-state index in [1.807, 2.05) is 0 Å². The number of nitrogens with one attached hydrogen (secondary N) is 1. The second-order valence-corrected chi connectivity index (χ2v) is 21.4. The third-order valence-corrected chi connectivity index (χ3v) is 18.8. The van der Waals surface area contributed by atoms with Crippen LogP contribution in [0.15, 0.2) is 35.5 Å². The molecule has 11 atom stereocenters. The number of hydrogen-bond donors (Lipinski definition) is 2. The number of hydrogen-bond acceptors (Lipinski definition) is 5. The summed E-state index contributed by atoms with van der Waals surface area (Å²) in [5, 5.41) is 4.23. The van der Waals surface area contributed by atoms with Gasteiger partial charge in [0.2, 0.25) is 0 Å². The van der Waals surface area contributed by atoms with Crippen LogP contribution < -0.4 is 5.32 Å². The second-order valence-electron chi connectivity index (χ2n) is 20.2. The van der Waals surface area contributed by atoms with Gasteiger partial charge >= 0.3 is 0 Å². The summed E-state index contributed by atoms with van der Waals surface area (Å²) in [5.41, 5.74) is 5.40. The SMILES string of the molecule is C=C(C)[C@@H]1CC[C@]2(NCCN3CCC(S(=O)O)CC3)CC[C@]3(C)[C@H](CC[C@@H]4[C@@]5(C)CC=C(C6=CCC(C)(OC=O)CC6)C(C)(C)[C@@H]5CC[C@]43C)[C@@H]12. The van der Waals surface area contributed by atoms with E-state index in [4.69, 9.17) is 4.74 Å². The Morgan fingerprint density at radius 1 is 0.941 bits per heavy atom. The fourth-order valence-electron chi connectivity index (χ4n) is 14.8. The lowest BCUT2D eigenvalue weighted by molar-refractivity contribution is -0.221. The Hall–Kier alpha value is -1.28. The molecule has 0 amide bonds. The second kappa shape index (κ2) is 13.5. The highest BCUT2D eigenvalue weighted by Gasteiger charge is 2.70. The Balaban J connectivity index is 1.11. The van der Waals surface area contributed by atoms with Crippen molar-refractivity contribution >= 4 is 17.6 Å². The number of nitrogens with zero attached hydrogens (tertiary/aromatic N) is 1. The van der Waals surface area contributed by atoms with Crippen LogP contribution in [0, 0.1) is 51.2 Å². The van der Waals surface area contributed by atoms with Crippen molar-refractivity contribution in [2.45, 2.75) is 155 Å². The number of rotatable bonds is 9. The number of allylic oxidation sites excluding steroid dienone is 4. The lowest BCUT2D eigenvalue weighted by atomic mass is 9.33. The van der Waals surface area contributed by atoms with Crippen molar-refractivity contribution in [2.75, 3.05) is 26.2 Å². The van der Waals surface area contributed by atoms with Gasteiger partial charge in [0, 0.05) is 25.0 Å². The van der Waals surface area contributed by atoms with Gasteiger partial charge in [0.25, 0.3) is 6.47 Å². The molecule has 6 nitrogen and oxygen atoms in total. The maximum Gasteiger partial charge on any atom is 0.293 e. The number of piperidine rings is 1. The van der Waals surface area contributed by atoms with Gasteiger partial charge in [0.15, 0.2) is 11.1 Å². The molecule has 6 aliphatic carbocycles. The third-order valence-electron chi connectivity index (χ3n) is 17.8. The minimum Gasteiger partial charge on any atom is -0.461 e. The molecule has 5 fully saturated rings. The lowest BCUT2D eigenvalue weighted by Crippen LogP contribution is -2.68. The number of ether oxygens (including phenoxy) is 1. The smallest absolute Gasteiger partial charge is 0.293 e. The van der Waals surface area contributed by atoms with Gasteiger partial charge in [-0.15, -0.1) is 0 Å². The van der Waals surface area contributed by atoms with Gasteiger partial charge in [0.1, 0.15) is 5.60 Å². The minimum atomic E-state index is -1.69. The standard InChI is InChI=1S/C44H70N2O4S/c1-30(2)33-13-22-44(45-25-28-46-26-16-32(17-27-46)51(48)49)24-23-42(7)35(38(33)44)9-10-37-41(6)20-14-34(31-11-18-40(5,19-12-31)50-29-47)39(3,4)36(41)15-21-43(37,42)8/h11,14,29,32-33,35-38,45H,1,9-10,12-13,15-28H2,2-8H3,(H,48,49)/t33-,35+,36-,37+,38+,40?,41-,42+,43+,44-/m0/s1. The molecule has 2 N–H and O–H groups in total. The van der Waals surface area contributed by atoms with Crippen molar-refractivity contribution in [3.8, 4) is 0 Å². The quantitative estimate of drug-likeness (QED) is 0.140. The molecular formula is C44H70N2O4S. The Bertz CT molecular complexity index is 1460. The van der Waals surface area contributed by atoms with E-state index in [9.17, 15) is 13.6 Å². The average Bonchev–Trinajstić information content (AvgIpc) is 3.46. The van der Waals surface area contributed by atoms with Crippen molar-refractivity contribution in [2.24, 2.45) is 51.2 Å². The first-order chi connectivity index (χ1) is 24.0. The van der Waals surface area contributed by atoms with E-state index in [-0.39, 0.29) is 21.8 Å². The van der Waals surface area contributed by atoms with Crippen molar-refractivity contribution in [1.29, 1.82) is 0 Å². The highest BCUT2D eigenvalue weighted by atomic mass is 32.2. The van der Waals surface area contributed by atoms with Crippen LogP contribution in [0.1, 0.15) is 138 Å². The van der Waals surface area contributed by atoms with Crippen LogP contribution in [0.25, 0.3) is 0 Å². The minimum absolute atomic E-state index is 0.0532. The predicted octanol–water partition coefficient (Wildman–Crippen LogP) is 9.25. The van der Waals surface area contributed by atoms with Gasteiger partial charge in [-0.05, 0) is 173 Å². The summed E-state index contributed by atoms with van der Waals surface area (Å²) in [4.78, 5) is 13.7. The molecule has 4 saturated carbocycles. The van der Waals surface area contributed by atoms with Crippen LogP contribution in [0.4, 0.5) is 0 Å². The zero-order chi connectivity index (χ0) is 36.6. The fraction of sp³-hybridized carbons (Fsp3) is 0.841. The van der Waals surface area contributed by atoms with Gasteiger partial charge in [-0.25, -0.2) is 4.21 Å². The van der Waals surface area contributed by atoms with Crippen LogP contribution in [-0.2, 0) is 20.6 Å². The first-order valence-electron chi connectivity index (χ1n) is 20.8. The lowest BCUT2D eigenvalue weighted by Gasteiger charge is -2.72. The van der Waals surface area contributed by atoms with Crippen molar-refractivity contribution in [3.63, 3.8) is 0 Å². The van der Waals surface area contributed by atoms with Crippen molar-refractivity contribution < 1.29 is 18.3 Å². The van der Waals surface area contributed by atoms with Crippen LogP contribution in [0.2, 0.25) is 0 Å². The van der Waals surface area contributed by atoms with Crippen molar-refractivity contribution in [3.05, 3.63) is 35.5 Å². The summed E-state index contributed by atoms with van der Waals surface area (Å²) in [7, 11) is 0. The first kappa shape index (κ1) is 38.0. The molecule has 286 valence electrons. The van der Waals surface area contributed by atoms with E-state index >= 15 is 0 Å². The Kier molecular flexibility index (Phi) is 10.0. The molecule has 0 aromatic carbocycles. The average molecular weight is 723 g/mol. The molecule has 0 spiro atoms. The highest BCUT2D eigenvalue weighted by Crippen LogP contribution is 2.76. The highest BCUT2D eigenvalue weighted by molar-refractivity contribution is 7.79. The van der Waals surface area contributed by atoms with E-state index in [2.05, 4.69) is 77.4 Å². The zero-order valence-corrected chi connectivity index (χ0v) is 34.0. The number of likely N-dealkylation sites (tertiary alicyclic amines) is 1. The van der Waals surface area contributed by atoms with E-state index in [0.29, 0.717) is 40.5 Å². The maximum atomic E-state index is 11.6. The molecule has 1 aliphatic heterocycles. The molecule has 0 radical (unpaired) electrons. The fourth-order valence-corrected chi connectivity index (χ4v) is 15.4. The van der Waals surface area contributed by atoms with Gasteiger partial charge in [0.05, 0.1) is 5.25 Å². The molecule has 0 aromatic rings. The molecule has 1 heterocycles. The van der Waals surface area contributed by atoms with Crippen molar-refractivity contribution in [1.82, 2.24) is 10.2 Å². The molecule has 1 saturated heterocycles.